The van der Waals surface area contributed by atoms with E-state index in [2.05, 4.69) is 72.6 Å². The van der Waals surface area contributed by atoms with Gasteiger partial charge in [-0.25, -0.2) is 9.98 Å². The summed E-state index contributed by atoms with van der Waals surface area (Å²) in [5.74, 6) is 0.825. The lowest BCUT2D eigenvalue weighted by atomic mass is 10.0. The summed E-state index contributed by atoms with van der Waals surface area (Å²) in [5, 5.41) is 7.80. The third-order valence-electron chi connectivity index (χ3n) is 3.39. The van der Waals surface area contributed by atoms with Gasteiger partial charge in [0.15, 0.2) is 5.96 Å². The molecule has 1 aromatic heterocycles. The SMILES string of the molecule is CCNC(=NCc1ncc(C)s1)NC(C)c1ccccc1C. The molecule has 2 rings (SSSR count). The number of nitrogens with one attached hydrogen (secondary N) is 2. The summed E-state index contributed by atoms with van der Waals surface area (Å²) in [6.07, 6.45) is 1.89. The van der Waals surface area contributed by atoms with Crippen molar-refractivity contribution in [3.63, 3.8) is 0 Å². The largest absolute Gasteiger partial charge is 0.357 e. The fourth-order valence-corrected chi connectivity index (χ4v) is 3.01. The van der Waals surface area contributed by atoms with Crippen molar-refractivity contribution in [1.82, 2.24) is 15.6 Å². The highest BCUT2D eigenvalue weighted by Gasteiger charge is 2.09. The number of rotatable bonds is 5. The van der Waals surface area contributed by atoms with Crippen molar-refractivity contribution < 1.29 is 0 Å². The van der Waals surface area contributed by atoms with Gasteiger partial charge < -0.3 is 10.6 Å². The minimum atomic E-state index is 0.206. The van der Waals surface area contributed by atoms with Gasteiger partial charge in [-0.1, -0.05) is 24.3 Å². The van der Waals surface area contributed by atoms with Crippen molar-refractivity contribution in [3.8, 4) is 0 Å². The van der Waals surface area contributed by atoms with Gasteiger partial charge in [-0.05, 0) is 38.8 Å². The predicted molar refractivity (Wildman–Crippen MR) is 94.4 cm³/mol. The topological polar surface area (TPSA) is 49.3 Å². The molecule has 0 bridgehead atoms. The number of hydrogen-bond donors (Lipinski definition) is 2. The molecule has 2 aromatic rings. The number of nitrogens with zero attached hydrogens (tertiary/aromatic N) is 2. The summed E-state index contributed by atoms with van der Waals surface area (Å²) in [5.41, 5.74) is 2.58. The van der Waals surface area contributed by atoms with E-state index in [1.807, 2.05) is 6.20 Å². The lowest BCUT2D eigenvalue weighted by Gasteiger charge is -2.19. The van der Waals surface area contributed by atoms with Crippen molar-refractivity contribution in [2.24, 2.45) is 4.99 Å². The highest BCUT2D eigenvalue weighted by Crippen LogP contribution is 2.16. The van der Waals surface area contributed by atoms with E-state index in [0.717, 1.165) is 17.5 Å². The van der Waals surface area contributed by atoms with E-state index in [0.29, 0.717) is 6.54 Å². The fourth-order valence-electron chi connectivity index (χ4n) is 2.30. The van der Waals surface area contributed by atoms with Crippen molar-refractivity contribution in [1.29, 1.82) is 0 Å². The zero-order valence-corrected chi connectivity index (χ0v) is 14.5. The molecule has 1 heterocycles. The monoisotopic (exact) mass is 316 g/mol. The van der Waals surface area contributed by atoms with Crippen LogP contribution in [0, 0.1) is 13.8 Å². The van der Waals surface area contributed by atoms with Gasteiger partial charge in [-0.3, -0.25) is 0 Å². The minimum absolute atomic E-state index is 0.206. The summed E-state index contributed by atoms with van der Waals surface area (Å²) < 4.78 is 0. The normalized spacial score (nSPS) is 13.0. The lowest BCUT2D eigenvalue weighted by molar-refractivity contribution is 0.682. The maximum atomic E-state index is 4.63. The first-order valence-corrected chi connectivity index (χ1v) is 8.43. The van der Waals surface area contributed by atoms with Crippen LogP contribution in [0.15, 0.2) is 35.5 Å². The first kappa shape index (κ1) is 16.5. The van der Waals surface area contributed by atoms with Crippen molar-refractivity contribution in [2.45, 2.75) is 40.3 Å². The van der Waals surface area contributed by atoms with E-state index in [4.69, 9.17) is 0 Å². The Bertz CT molecular complexity index is 633. The summed E-state index contributed by atoms with van der Waals surface area (Å²) in [6.45, 7) is 9.87. The number of guanidine groups is 1. The predicted octanol–water partition coefficient (Wildman–Crippen LogP) is 3.58. The van der Waals surface area contributed by atoms with E-state index in [1.165, 1.54) is 16.0 Å². The van der Waals surface area contributed by atoms with Crippen molar-refractivity contribution in [2.75, 3.05) is 6.54 Å². The quantitative estimate of drug-likeness (QED) is 0.655. The third-order valence-corrected chi connectivity index (χ3v) is 4.29. The highest BCUT2D eigenvalue weighted by molar-refractivity contribution is 7.11. The molecule has 22 heavy (non-hydrogen) atoms. The second-order valence-electron chi connectivity index (χ2n) is 5.28. The van der Waals surface area contributed by atoms with Crippen LogP contribution in [0.4, 0.5) is 0 Å². The van der Waals surface area contributed by atoms with Gasteiger partial charge >= 0.3 is 0 Å². The Morgan fingerprint density at radius 1 is 1.32 bits per heavy atom. The second-order valence-corrected chi connectivity index (χ2v) is 6.60. The number of hydrogen-bond acceptors (Lipinski definition) is 3. The lowest BCUT2D eigenvalue weighted by Crippen LogP contribution is -2.38. The molecule has 0 amide bonds. The van der Waals surface area contributed by atoms with Crippen LogP contribution in [0.3, 0.4) is 0 Å². The Kier molecular flexibility index (Phi) is 5.95. The number of aryl methyl sites for hydroxylation is 2. The van der Waals surface area contributed by atoms with Gasteiger partial charge in [0, 0.05) is 17.6 Å². The van der Waals surface area contributed by atoms with E-state index in [9.17, 15) is 0 Å². The molecule has 0 fully saturated rings. The molecule has 0 radical (unpaired) electrons. The van der Waals surface area contributed by atoms with Crippen molar-refractivity contribution in [3.05, 3.63) is 51.5 Å². The molecule has 4 nitrogen and oxygen atoms in total. The molecule has 0 saturated carbocycles. The second kappa shape index (κ2) is 7.94. The molecule has 0 saturated heterocycles. The Hall–Kier alpha value is -1.88. The van der Waals surface area contributed by atoms with Crippen molar-refractivity contribution >= 4 is 17.3 Å². The maximum Gasteiger partial charge on any atom is 0.192 e. The van der Waals surface area contributed by atoms with Gasteiger partial charge in [-0.15, -0.1) is 11.3 Å². The van der Waals surface area contributed by atoms with E-state index < -0.39 is 0 Å². The maximum absolute atomic E-state index is 4.63. The van der Waals surface area contributed by atoms with Gasteiger partial charge in [0.25, 0.3) is 0 Å². The van der Waals surface area contributed by atoms with E-state index >= 15 is 0 Å². The molecule has 5 heteroatoms. The summed E-state index contributed by atoms with van der Waals surface area (Å²) in [6, 6.07) is 8.63. The summed E-state index contributed by atoms with van der Waals surface area (Å²) >= 11 is 1.69. The van der Waals surface area contributed by atoms with Crippen LogP contribution in [0.25, 0.3) is 0 Å². The van der Waals surface area contributed by atoms with Gasteiger partial charge in [0.2, 0.25) is 0 Å². The van der Waals surface area contributed by atoms with Gasteiger partial charge in [0.1, 0.15) is 5.01 Å². The van der Waals surface area contributed by atoms with Crippen LogP contribution in [-0.2, 0) is 6.54 Å². The number of thiazole rings is 1. The molecule has 1 unspecified atom stereocenters. The molecule has 0 spiro atoms. The Morgan fingerprint density at radius 3 is 2.73 bits per heavy atom. The van der Waals surface area contributed by atoms with E-state index in [-0.39, 0.29) is 6.04 Å². The molecule has 2 N–H and O–H groups in total. The fraction of sp³-hybridized carbons (Fsp3) is 0.412. The molecular formula is C17H24N4S. The van der Waals surface area contributed by atoms with Crippen LogP contribution >= 0.6 is 11.3 Å². The summed E-state index contributed by atoms with van der Waals surface area (Å²) in [7, 11) is 0. The molecule has 0 aliphatic rings. The van der Waals surface area contributed by atoms with Crippen LogP contribution in [0.2, 0.25) is 0 Å². The third kappa shape index (κ3) is 4.56. The first-order chi connectivity index (χ1) is 10.6. The average molecular weight is 316 g/mol. The smallest absolute Gasteiger partial charge is 0.192 e. The molecule has 1 aromatic carbocycles. The molecule has 0 aliphatic carbocycles. The van der Waals surface area contributed by atoms with Crippen LogP contribution < -0.4 is 10.6 Å². The Labute approximate surface area is 136 Å². The standard InChI is InChI=1S/C17H24N4S/c1-5-18-17(20-11-16-19-10-13(3)22-16)21-14(4)15-9-7-6-8-12(15)2/h6-10,14H,5,11H2,1-4H3,(H2,18,20,21). The highest BCUT2D eigenvalue weighted by atomic mass is 32.1. The Morgan fingerprint density at radius 2 is 2.09 bits per heavy atom. The zero-order chi connectivity index (χ0) is 15.9. The molecule has 0 aliphatic heterocycles. The van der Waals surface area contributed by atoms with Gasteiger partial charge in [0.05, 0.1) is 12.6 Å². The summed E-state index contributed by atoms with van der Waals surface area (Å²) in [4.78, 5) is 10.2. The van der Waals surface area contributed by atoms with Crippen LogP contribution in [0.5, 0.6) is 0 Å². The number of aromatic nitrogens is 1. The number of benzene rings is 1. The number of aliphatic imine (C=N–C) groups is 1. The zero-order valence-electron chi connectivity index (χ0n) is 13.7. The molecule has 118 valence electrons. The first-order valence-electron chi connectivity index (χ1n) is 7.61. The molecule has 1 atom stereocenters. The van der Waals surface area contributed by atoms with Crippen LogP contribution in [0.1, 0.15) is 40.9 Å². The minimum Gasteiger partial charge on any atom is -0.357 e. The van der Waals surface area contributed by atoms with E-state index in [1.54, 1.807) is 11.3 Å². The van der Waals surface area contributed by atoms with Crippen LogP contribution in [-0.4, -0.2) is 17.5 Å². The Balaban J connectivity index is 2.06. The average Bonchev–Trinajstić information content (AvgIpc) is 2.91. The van der Waals surface area contributed by atoms with Gasteiger partial charge in [-0.2, -0.15) is 0 Å². The molecular weight excluding hydrogens is 292 g/mol.